The summed E-state index contributed by atoms with van der Waals surface area (Å²) in [4.78, 5) is 0. The van der Waals surface area contributed by atoms with Gasteiger partial charge in [0.25, 0.3) is 0 Å². The van der Waals surface area contributed by atoms with Crippen molar-refractivity contribution in [2.45, 2.75) is 36.3 Å². The Morgan fingerprint density at radius 3 is 2.68 bits per heavy atom. The van der Waals surface area contributed by atoms with Crippen LogP contribution in [-0.4, -0.2) is 39.0 Å². The number of halogens is 3. The second-order valence-corrected chi connectivity index (χ2v) is 6.98. The lowest BCUT2D eigenvalue weighted by molar-refractivity contribution is -0.124. The maximum Gasteiger partial charge on any atom is 0.113 e. The van der Waals surface area contributed by atoms with Crippen molar-refractivity contribution in [1.82, 2.24) is 5.32 Å². The summed E-state index contributed by atoms with van der Waals surface area (Å²) in [5, 5.41) is 4.79. The van der Waals surface area contributed by atoms with Crippen molar-refractivity contribution in [3.63, 3.8) is 0 Å². The Bertz CT molecular complexity index is 542. The number of nitrogens with one attached hydrogen (secondary N) is 1. The van der Waals surface area contributed by atoms with E-state index in [1.165, 1.54) is 5.56 Å². The summed E-state index contributed by atoms with van der Waals surface area (Å²) in [5.41, 5.74) is 0.771. The zero-order valence-corrected chi connectivity index (χ0v) is 15.2. The molecule has 124 valence electrons. The minimum Gasteiger partial charge on any atom is -0.382 e. The molecule has 1 heterocycles. The van der Waals surface area contributed by atoms with Crippen LogP contribution in [0.25, 0.3) is 0 Å². The molecule has 1 aliphatic carbocycles. The van der Waals surface area contributed by atoms with Crippen molar-refractivity contribution in [2.75, 3.05) is 27.4 Å². The normalized spacial score (nSPS) is 33.5. The van der Waals surface area contributed by atoms with Gasteiger partial charge in [-0.25, -0.2) is 0 Å². The van der Waals surface area contributed by atoms with Gasteiger partial charge in [0.1, 0.15) is 5.60 Å². The highest BCUT2D eigenvalue weighted by molar-refractivity contribution is 6.42. The minimum absolute atomic E-state index is 0. The number of piperidine rings is 1. The number of hydrogen-bond acceptors (Lipinski definition) is 3. The fraction of sp³-hybridized carbons (Fsp3) is 0.625. The molecule has 22 heavy (non-hydrogen) atoms. The van der Waals surface area contributed by atoms with Crippen molar-refractivity contribution >= 4 is 35.6 Å². The molecule has 3 atom stereocenters. The molecule has 1 aromatic carbocycles. The quantitative estimate of drug-likeness (QED) is 0.878. The highest BCUT2D eigenvalue weighted by Gasteiger charge is 2.59. The number of ether oxygens (including phenoxy) is 2. The maximum atomic E-state index is 6.26. The molecule has 0 spiro atoms. The second kappa shape index (κ2) is 6.84. The van der Waals surface area contributed by atoms with Gasteiger partial charge in [0.15, 0.2) is 0 Å². The van der Waals surface area contributed by atoms with E-state index in [9.17, 15) is 0 Å². The predicted molar refractivity (Wildman–Crippen MR) is 92.6 cm³/mol. The van der Waals surface area contributed by atoms with E-state index < -0.39 is 0 Å². The van der Waals surface area contributed by atoms with Gasteiger partial charge in [-0.2, -0.15) is 0 Å². The summed E-state index contributed by atoms with van der Waals surface area (Å²) in [6.07, 6.45) is 3.26. The molecule has 0 radical (unpaired) electrons. The lowest BCUT2D eigenvalue weighted by atomic mass is 9.64. The van der Waals surface area contributed by atoms with Crippen molar-refractivity contribution in [1.29, 1.82) is 0 Å². The molecule has 2 bridgehead atoms. The lowest BCUT2D eigenvalue weighted by Gasteiger charge is -2.51. The molecule has 0 aromatic heterocycles. The minimum atomic E-state index is -0.369. The van der Waals surface area contributed by atoms with E-state index in [1.54, 1.807) is 14.2 Å². The molecule has 3 nitrogen and oxygen atoms in total. The Morgan fingerprint density at radius 1 is 1.27 bits per heavy atom. The van der Waals surface area contributed by atoms with Crippen LogP contribution in [0, 0.1) is 0 Å². The Labute approximate surface area is 148 Å². The van der Waals surface area contributed by atoms with Crippen LogP contribution in [-0.2, 0) is 14.9 Å². The first-order chi connectivity index (χ1) is 10.1. The highest BCUT2D eigenvalue weighted by atomic mass is 35.5. The maximum absolute atomic E-state index is 6.26. The van der Waals surface area contributed by atoms with Crippen molar-refractivity contribution < 1.29 is 9.47 Å². The molecule has 2 aliphatic rings. The number of hydrogen-bond donors (Lipinski definition) is 1. The van der Waals surface area contributed by atoms with Crippen LogP contribution >= 0.6 is 35.6 Å². The average Bonchev–Trinajstić information content (AvgIpc) is 2.86. The molecular formula is C16H22Cl3NO2. The van der Waals surface area contributed by atoms with E-state index in [0.717, 1.165) is 25.8 Å². The van der Waals surface area contributed by atoms with Gasteiger partial charge in [0, 0.05) is 32.2 Å². The van der Waals surface area contributed by atoms with Gasteiger partial charge in [-0.3, -0.25) is 0 Å². The molecular weight excluding hydrogens is 345 g/mol. The predicted octanol–water partition coefficient (Wildman–Crippen LogP) is 3.84. The third kappa shape index (κ3) is 2.66. The summed E-state index contributed by atoms with van der Waals surface area (Å²) in [6, 6.07) is 6.52. The van der Waals surface area contributed by atoms with Gasteiger partial charge in [-0.05, 0) is 37.0 Å². The Kier molecular flexibility index (Phi) is 5.69. The summed E-state index contributed by atoms with van der Waals surface area (Å²) in [6.45, 7) is 1.35. The molecule has 2 fully saturated rings. The second-order valence-electron chi connectivity index (χ2n) is 6.16. The van der Waals surface area contributed by atoms with Crippen LogP contribution in [0.4, 0.5) is 0 Å². The van der Waals surface area contributed by atoms with Crippen LogP contribution in [0.15, 0.2) is 18.2 Å². The average molecular weight is 367 g/mol. The third-order valence-corrected chi connectivity index (χ3v) is 6.04. The van der Waals surface area contributed by atoms with Crippen LogP contribution in [0.2, 0.25) is 10.0 Å². The van der Waals surface area contributed by atoms with Crippen LogP contribution in [0.3, 0.4) is 0 Å². The number of fused-ring (bicyclic) bond motifs is 2. The molecule has 0 unspecified atom stereocenters. The first kappa shape index (κ1) is 18.3. The summed E-state index contributed by atoms with van der Waals surface area (Å²) < 4.78 is 11.5. The fourth-order valence-electron chi connectivity index (χ4n) is 4.18. The largest absolute Gasteiger partial charge is 0.382 e. The highest BCUT2D eigenvalue weighted by Crippen LogP contribution is 2.53. The summed E-state index contributed by atoms with van der Waals surface area (Å²) >= 11 is 12.3. The molecule has 1 saturated carbocycles. The monoisotopic (exact) mass is 365 g/mol. The first-order valence-electron chi connectivity index (χ1n) is 7.30. The Balaban J connectivity index is 0.00000176. The first-order valence-corrected chi connectivity index (χ1v) is 8.05. The zero-order valence-electron chi connectivity index (χ0n) is 12.8. The molecule has 0 amide bonds. The lowest BCUT2D eigenvalue weighted by Crippen LogP contribution is -2.64. The van der Waals surface area contributed by atoms with Crippen molar-refractivity contribution in [3.05, 3.63) is 33.8 Å². The third-order valence-electron chi connectivity index (χ3n) is 5.30. The summed E-state index contributed by atoms with van der Waals surface area (Å²) in [5.74, 6) is 0. The Hall–Kier alpha value is -0.0300. The SMILES string of the molecule is COC[C@@]1(OC)CN[C@H]2CC[C@]1(c1ccc(Cl)c(Cl)c1)C2.Cl. The summed E-state index contributed by atoms with van der Waals surface area (Å²) in [7, 11) is 3.50. The van der Waals surface area contributed by atoms with E-state index in [4.69, 9.17) is 32.7 Å². The van der Waals surface area contributed by atoms with Gasteiger partial charge in [0.05, 0.1) is 16.7 Å². The molecule has 1 aliphatic heterocycles. The van der Waals surface area contributed by atoms with Gasteiger partial charge in [0.2, 0.25) is 0 Å². The molecule has 3 rings (SSSR count). The van der Waals surface area contributed by atoms with Crippen molar-refractivity contribution in [3.8, 4) is 0 Å². The zero-order chi connectivity index (χ0) is 15.1. The van der Waals surface area contributed by atoms with E-state index in [-0.39, 0.29) is 23.4 Å². The molecule has 1 aromatic rings. The molecule has 1 N–H and O–H groups in total. The smallest absolute Gasteiger partial charge is 0.113 e. The number of benzene rings is 1. The van der Waals surface area contributed by atoms with Crippen LogP contribution in [0.5, 0.6) is 0 Å². The topological polar surface area (TPSA) is 30.5 Å². The van der Waals surface area contributed by atoms with Crippen molar-refractivity contribution in [2.24, 2.45) is 0 Å². The van der Waals surface area contributed by atoms with E-state index in [1.807, 2.05) is 12.1 Å². The van der Waals surface area contributed by atoms with Gasteiger partial charge in [-0.15, -0.1) is 12.4 Å². The standard InChI is InChI=1S/C16H21Cl2NO2.ClH/c1-20-10-16(21-2)9-19-12-5-6-15(16,8-12)11-3-4-13(17)14(18)7-11;/h3-4,7,12,19H,5-6,8-10H2,1-2H3;1H/t12-,15+,16-;/m0./s1. The van der Waals surface area contributed by atoms with E-state index in [0.29, 0.717) is 22.7 Å². The number of rotatable bonds is 4. The van der Waals surface area contributed by atoms with Gasteiger partial charge >= 0.3 is 0 Å². The van der Waals surface area contributed by atoms with Gasteiger partial charge in [-0.1, -0.05) is 29.3 Å². The Morgan fingerprint density at radius 2 is 2.05 bits per heavy atom. The molecule has 6 heteroatoms. The fourth-order valence-corrected chi connectivity index (χ4v) is 4.48. The molecule has 1 saturated heterocycles. The van der Waals surface area contributed by atoms with Crippen LogP contribution in [0.1, 0.15) is 24.8 Å². The van der Waals surface area contributed by atoms with E-state index >= 15 is 0 Å². The van der Waals surface area contributed by atoms with E-state index in [2.05, 4.69) is 11.4 Å². The van der Waals surface area contributed by atoms with Gasteiger partial charge < -0.3 is 14.8 Å². The van der Waals surface area contributed by atoms with Crippen LogP contribution < -0.4 is 5.32 Å². The number of methoxy groups -OCH3 is 2.